The van der Waals surface area contributed by atoms with Crippen LogP contribution < -0.4 is 15.4 Å². The molecule has 1 amide bonds. The van der Waals surface area contributed by atoms with Gasteiger partial charge in [0.05, 0.1) is 10.6 Å². The van der Waals surface area contributed by atoms with Gasteiger partial charge in [-0.3, -0.25) is 14.9 Å². The number of aryl methyl sites for hydroxylation is 1. The van der Waals surface area contributed by atoms with Crippen LogP contribution in [0.15, 0.2) is 72.8 Å². The number of ether oxygens (including phenoxy) is 1. The highest BCUT2D eigenvalue weighted by molar-refractivity contribution is 5.92. The summed E-state index contributed by atoms with van der Waals surface area (Å²) in [6, 6.07) is 21.1. The van der Waals surface area contributed by atoms with Crippen molar-refractivity contribution in [3.8, 4) is 11.5 Å². The Balaban J connectivity index is 1.58. The first-order chi connectivity index (χ1) is 14.0. The Bertz CT molecular complexity index is 1000. The van der Waals surface area contributed by atoms with Crippen LogP contribution in [-0.4, -0.2) is 17.4 Å². The van der Waals surface area contributed by atoms with E-state index < -0.39 is 4.92 Å². The van der Waals surface area contributed by atoms with Crippen LogP contribution in [0.5, 0.6) is 11.5 Å². The first-order valence-corrected chi connectivity index (χ1v) is 9.13. The maximum absolute atomic E-state index is 12.3. The Morgan fingerprint density at radius 2 is 1.62 bits per heavy atom. The zero-order valence-corrected chi connectivity index (χ0v) is 15.9. The van der Waals surface area contributed by atoms with Crippen LogP contribution in [0.25, 0.3) is 0 Å². The third-order valence-corrected chi connectivity index (χ3v) is 4.18. The summed E-state index contributed by atoms with van der Waals surface area (Å²) in [5.41, 5.74) is 2.05. The maximum atomic E-state index is 12.3. The topological polar surface area (TPSA) is 93.5 Å². The minimum atomic E-state index is -0.457. The number of nitro groups is 1. The van der Waals surface area contributed by atoms with Gasteiger partial charge in [-0.2, -0.15) is 0 Å². The van der Waals surface area contributed by atoms with E-state index in [-0.39, 0.29) is 24.6 Å². The minimum Gasteiger partial charge on any atom is -0.455 e. The molecule has 0 aromatic heterocycles. The summed E-state index contributed by atoms with van der Waals surface area (Å²) in [5.74, 6) is 0.989. The second-order valence-electron chi connectivity index (χ2n) is 6.41. The quantitative estimate of drug-likeness (QED) is 0.410. The molecule has 0 unspecified atom stereocenters. The molecule has 0 spiro atoms. The Kier molecular flexibility index (Phi) is 6.42. The molecule has 0 saturated carbocycles. The predicted molar refractivity (Wildman–Crippen MR) is 113 cm³/mol. The van der Waals surface area contributed by atoms with E-state index in [1.54, 1.807) is 30.3 Å². The van der Waals surface area contributed by atoms with Gasteiger partial charge >= 0.3 is 0 Å². The number of nitrogens with zero attached hydrogens (tertiary/aromatic N) is 1. The second-order valence-corrected chi connectivity index (χ2v) is 6.41. The standard InChI is InChI=1S/C22H21N3O4/c1-16-10-12-17(13-11-16)29-21-9-5-3-7-19(21)24-22(26)14-15-23-18-6-2-4-8-20(18)25(27)28/h2-13,23H,14-15H2,1H3,(H,24,26). The highest BCUT2D eigenvalue weighted by Gasteiger charge is 2.13. The van der Waals surface area contributed by atoms with Crippen molar-refractivity contribution >= 4 is 23.0 Å². The fraction of sp³-hybridized carbons (Fsp3) is 0.136. The maximum Gasteiger partial charge on any atom is 0.292 e. The van der Waals surface area contributed by atoms with Crippen LogP contribution in [0.4, 0.5) is 17.1 Å². The van der Waals surface area contributed by atoms with Crippen LogP contribution >= 0.6 is 0 Å². The molecule has 29 heavy (non-hydrogen) atoms. The van der Waals surface area contributed by atoms with Gasteiger partial charge in [-0.1, -0.05) is 42.0 Å². The minimum absolute atomic E-state index is 0.0234. The molecule has 148 valence electrons. The van der Waals surface area contributed by atoms with Gasteiger partial charge < -0.3 is 15.4 Å². The molecule has 0 aliphatic heterocycles. The summed E-state index contributed by atoms with van der Waals surface area (Å²) in [6.45, 7) is 2.26. The molecule has 0 bridgehead atoms. The molecule has 0 fully saturated rings. The highest BCUT2D eigenvalue weighted by Crippen LogP contribution is 2.29. The van der Waals surface area contributed by atoms with Gasteiger partial charge in [0.15, 0.2) is 5.75 Å². The second kappa shape index (κ2) is 9.36. The monoisotopic (exact) mass is 391 g/mol. The zero-order valence-electron chi connectivity index (χ0n) is 15.9. The number of amides is 1. The third-order valence-electron chi connectivity index (χ3n) is 4.18. The van der Waals surface area contributed by atoms with Gasteiger partial charge in [0.25, 0.3) is 5.69 Å². The largest absolute Gasteiger partial charge is 0.455 e. The summed E-state index contributed by atoms with van der Waals surface area (Å²) >= 11 is 0. The third kappa shape index (κ3) is 5.55. The molecule has 0 aliphatic carbocycles. The molecule has 2 N–H and O–H groups in total. The van der Waals surface area contributed by atoms with E-state index in [0.717, 1.165) is 5.56 Å². The Hall–Kier alpha value is -3.87. The summed E-state index contributed by atoms with van der Waals surface area (Å²) < 4.78 is 5.88. The van der Waals surface area contributed by atoms with E-state index in [9.17, 15) is 14.9 Å². The Morgan fingerprint density at radius 1 is 0.966 bits per heavy atom. The van der Waals surface area contributed by atoms with E-state index in [1.807, 2.05) is 43.3 Å². The fourth-order valence-corrected chi connectivity index (χ4v) is 2.70. The summed E-state index contributed by atoms with van der Waals surface area (Å²) in [4.78, 5) is 22.9. The molecule has 0 radical (unpaired) electrons. The molecule has 3 rings (SSSR count). The summed E-state index contributed by atoms with van der Waals surface area (Å²) in [7, 11) is 0. The number of nitro benzene ring substituents is 1. The SMILES string of the molecule is Cc1ccc(Oc2ccccc2NC(=O)CCNc2ccccc2[N+](=O)[O-])cc1. The molecule has 3 aromatic rings. The lowest BCUT2D eigenvalue weighted by atomic mass is 10.2. The van der Waals surface area contributed by atoms with E-state index in [4.69, 9.17) is 4.74 Å². The first-order valence-electron chi connectivity index (χ1n) is 9.13. The molecular formula is C22H21N3O4. The van der Waals surface area contributed by atoms with Crippen molar-refractivity contribution in [3.63, 3.8) is 0 Å². The Labute approximate surface area is 168 Å². The van der Waals surface area contributed by atoms with Crippen molar-refractivity contribution in [2.45, 2.75) is 13.3 Å². The lowest BCUT2D eigenvalue weighted by Gasteiger charge is -2.13. The van der Waals surface area contributed by atoms with E-state index in [2.05, 4.69) is 10.6 Å². The average Bonchev–Trinajstić information content (AvgIpc) is 2.71. The first kappa shape index (κ1) is 19.9. The molecule has 0 atom stereocenters. The molecule has 0 aliphatic rings. The van der Waals surface area contributed by atoms with Gasteiger partial charge in [-0.05, 0) is 37.3 Å². The van der Waals surface area contributed by atoms with Gasteiger partial charge in [0.1, 0.15) is 11.4 Å². The smallest absolute Gasteiger partial charge is 0.292 e. The van der Waals surface area contributed by atoms with Gasteiger partial charge in [0, 0.05) is 19.0 Å². The molecular weight excluding hydrogens is 370 g/mol. The Morgan fingerprint density at radius 3 is 2.34 bits per heavy atom. The van der Waals surface area contributed by atoms with Crippen LogP contribution in [-0.2, 0) is 4.79 Å². The van der Waals surface area contributed by atoms with Crippen molar-refractivity contribution in [3.05, 3.63) is 88.5 Å². The number of rotatable bonds is 8. The highest BCUT2D eigenvalue weighted by atomic mass is 16.6. The normalized spacial score (nSPS) is 10.2. The van der Waals surface area contributed by atoms with E-state index in [1.165, 1.54) is 6.07 Å². The number of anilines is 2. The van der Waals surface area contributed by atoms with Gasteiger partial charge in [-0.25, -0.2) is 0 Å². The number of carbonyl (C=O) groups excluding carboxylic acids is 1. The molecule has 7 heteroatoms. The molecule has 7 nitrogen and oxygen atoms in total. The number of para-hydroxylation sites is 4. The fourth-order valence-electron chi connectivity index (χ4n) is 2.70. The van der Waals surface area contributed by atoms with Gasteiger partial charge in [-0.15, -0.1) is 0 Å². The molecule has 3 aromatic carbocycles. The summed E-state index contributed by atoms with van der Waals surface area (Å²) in [6.07, 6.45) is 0.144. The number of benzene rings is 3. The lowest BCUT2D eigenvalue weighted by Crippen LogP contribution is -2.17. The van der Waals surface area contributed by atoms with Crippen molar-refractivity contribution in [2.75, 3.05) is 17.2 Å². The number of carbonyl (C=O) groups is 1. The van der Waals surface area contributed by atoms with E-state index in [0.29, 0.717) is 22.9 Å². The van der Waals surface area contributed by atoms with Crippen LogP contribution in [0, 0.1) is 17.0 Å². The molecule has 0 saturated heterocycles. The van der Waals surface area contributed by atoms with Crippen molar-refractivity contribution in [1.29, 1.82) is 0 Å². The van der Waals surface area contributed by atoms with Crippen molar-refractivity contribution in [2.24, 2.45) is 0 Å². The van der Waals surface area contributed by atoms with Crippen LogP contribution in [0.1, 0.15) is 12.0 Å². The average molecular weight is 391 g/mol. The molecule has 0 heterocycles. The predicted octanol–water partition coefficient (Wildman–Crippen LogP) is 5.14. The zero-order chi connectivity index (χ0) is 20.6. The van der Waals surface area contributed by atoms with Crippen molar-refractivity contribution < 1.29 is 14.5 Å². The van der Waals surface area contributed by atoms with Gasteiger partial charge in [0.2, 0.25) is 5.91 Å². The lowest BCUT2D eigenvalue weighted by molar-refractivity contribution is -0.384. The number of hydrogen-bond acceptors (Lipinski definition) is 5. The van der Waals surface area contributed by atoms with Crippen molar-refractivity contribution in [1.82, 2.24) is 0 Å². The number of hydrogen-bond donors (Lipinski definition) is 2. The summed E-state index contributed by atoms with van der Waals surface area (Å²) in [5, 5.41) is 16.8. The van der Waals surface area contributed by atoms with E-state index >= 15 is 0 Å². The van der Waals surface area contributed by atoms with Crippen LogP contribution in [0.2, 0.25) is 0 Å². The number of nitrogens with one attached hydrogen (secondary N) is 2. The van der Waals surface area contributed by atoms with Crippen LogP contribution in [0.3, 0.4) is 0 Å².